The van der Waals surface area contributed by atoms with Crippen molar-refractivity contribution in [1.82, 2.24) is 10.1 Å². The van der Waals surface area contributed by atoms with Crippen LogP contribution in [0.15, 0.2) is 51.5 Å². The molecule has 2 aromatic carbocycles. The molecular formula is C16H11BrN2O4. The van der Waals surface area contributed by atoms with E-state index in [0.717, 1.165) is 21.5 Å². The van der Waals surface area contributed by atoms with Gasteiger partial charge < -0.3 is 18.7 Å². The van der Waals surface area contributed by atoms with Gasteiger partial charge in [0.05, 0.1) is 4.47 Å². The number of benzene rings is 2. The van der Waals surface area contributed by atoms with Gasteiger partial charge in [-0.05, 0) is 46.3 Å². The van der Waals surface area contributed by atoms with Gasteiger partial charge >= 0.3 is 0 Å². The number of nitrogens with zero attached hydrogens (tertiary/aromatic N) is 2. The first-order chi connectivity index (χ1) is 11.3. The number of fused-ring (bicyclic) bond motifs is 1. The molecule has 7 heteroatoms. The molecule has 1 aliphatic rings. The largest absolute Gasteiger partial charge is 0.483 e. The predicted octanol–water partition coefficient (Wildman–Crippen LogP) is 3.81. The third-order valence-corrected chi connectivity index (χ3v) is 3.94. The summed E-state index contributed by atoms with van der Waals surface area (Å²) >= 11 is 3.42. The lowest BCUT2D eigenvalue weighted by atomic mass is 10.2. The topological polar surface area (TPSA) is 66.6 Å². The van der Waals surface area contributed by atoms with Gasteiger partial charge in [0.15, 0.2) is 18.1 Å². The van der Waals surface area contributed by atoms with Crippen molar-refractivity contribution in [3.8, 4) is 28.6 Å². The van der Waals surface area contributed by atoms with Crippen molar-refractivity contribution in [2.45, 2.75) is 6.61 Å². The van der Waals surface area contributed by atoms with Gasteiger partial charge in [-0.3, -0.25) is 0 Å². The summed E-state index contributed by atoms with van der Waals surface area (Å²) in [4.78, 5) is 4.34. The van der Waals surface area contributed by atoms with E-state index >= 15 is 0 Å². The molecule has 116 valence electrons. The van der Waals surface area contributed by atoms with Crippen molar-refractivity contribution in [1.29, 1.82) is 0 Å². The predicted molar refractivity (Wildman–Crippen MR) is 84.3 cm³/mol. The number of para-hydroxylation sites is 1. The van der Waals surface area contributed by atoms with Crippen molar-refractivity contribution in [2.75, 3.05) is 6.79 Å². The molecule has 0 radical (unpaired) electrons. The van der Waals surface area contributed by atoms with Crippen molar-refractivity contribution >= 4 is 15.9 Å². The van der Waals surface area contributed by atoms with Gasteiger partial charge in [0, 0.05) is 5.56 Å². The Morgan fingerprint density at radius 3 is 2.87 bits per heavy atom. The van der Waals surface area contributed by atoms with Crippen LogP contribution in [0.4, 0.5) is 0 Å². The minimum Gasteiger partial charge on any atom is -0.483 e. The van der Waals surface area contributed by atoms with Crippen molar-refractivity contribution in [3.63, 3.8) is 0 Å². The summed E-state index contributed by atoms with van der Waals surface area (Å²) in [6.07, 6.45) is 0. The van der Waals surface area contributed by atoms with Gasteiger partial charge in [0.1, 0.15) is 5.75 Å². The van der Waals surface area contributed by atoms with E-state index in [2.05, 4.69) is 26.1 Å². The van der Waals surface area contributed by atoms with E-state index in [1.54, 1.807) is 0 Å². The SMILES string of the molecule is Brc1ccccc1OCc1nc(-c2ccc3c(c2)OCO3)no1. The Hall–Kier alpha value is -2.54. The maximum absolute atomic E-state index is 5.66. The van der Waals surface area contributed by atoms with Gasteiger partial charge in [0.25, 0.3) is 5.89 Å². The maximum atomic E-state index is 5.66. The highest BCUT2D eigenvalue weighted by Gasteiger charge is 2.16. The molecule has 0 saturated carbocycles. The van der Waals surface area contributed by atoms with E-state index in [4.69, 9.17) is 18.7 Å². The fraction of sp³-hybridized carbons (Fsp3) is 0.125. The highest BCUT2D eigenvalue weighted by atomic mass is 79.9. The zero-order valence-corrected chi connectivity index (χ0v) is 13.4. The zero-order valence-electron chi connectivity index (χ0n) is 11.9. The van der Waals surface area contributed by atoms with Gasteiger partial charge in [-0.15, -0.1) is 0 Å². The molecule has 0 saturated heterocycles. The highest BCUT2D eigenvalue weighted by Crippen LogP contribution is 2.35. The van der Waals surface area contributed by atoms with E-state index in [9.17, 15) is 0 Å². The fourth-order valence-corrected chi connectivity index (χ4v) is 2.57. The molecule has 0 spiro atoms. The molecule has 0 fully saturated rings. The zero-order chi connectivity index (χ0) is 15.6. The summed E-state index contributed by atoms with van der Waals surface area (Å²) in [6.45, 7) is 0.427. The first-order valence-corrected chi connectivity index (χ1v) is 7.69. The van der Waals surface area contributed by atoms with Gasteiger partial charge in [-0.2, -0.15) is 4.98 Å². The lowest BCUT2D eigenvalue weighted by Crippen LogP contribution is -1.96. The Balaban J connectivity index is 1.50. The molecular weight excluding hydrogens is 364 g/mol. The van der Waals surface area contributed by atoms with E-state index in [0.29, 0.717) is 17.5 Å². The number of aromatic nitrogens is 2. The number of halogens is 1. The molecule has 2 heterocycles. The normalized spacial score (nSPS) is 12.4. The minimum atomic E-state index is 0.195. The van der Waals surface area contributed by atoms with Crippen LogP contribution in [0.25, 0.3) is 11.4 Å². The summed E-state index contributed by atoms with van der Waals surface area (Å²) in [7, 11) is 0. The molecule has 0 N–H and O–H groups in total. The van der Waals surface area contributed by atoms with Crippen LogP contribution in [0, 0.1) is 0 Å². The average molecular weight is 375 g/mol. The van der Waals surface area contributed by atoms with Crippen LogP contribution < -0.4 is 14.2 Å². The van der Waals surface area contributed by atoms with Crippen LogP contribution in [0.5, 0.6) is 17.2 Å². The van der Waals surface area contributed by atoms with E-state index in [1.165, 1.54) is 0 Å². The maximum Gasteiger partial charge on any atom is 0.264 e. The Bertz CT molecular complexity index is 850. The first kappa shape index (κ1) is 14.1. The van der Waals surface area contributed by atoms with Crippen LogP contribution in [0.1, 0.15) is 5.89 Å². The van der Waals surface area contributed by atoms with Crippen molar-refractivity contribution in [2.24, 2.45) is 0 Å². The molecule has 0 amide bonds. The number of ether oxygens (including phenoxy) is 3. The van der Waals surface area contributed by atoms with E-state index in [1.807, 2.05) is 42.5 Å². The summed E-state index contributed by atoms with van der Waals surface area (Å²) in [6, 6.07) is 13.1. The molecule has 1 aromatic heterocycles. The second-order valence-corrected chi connectivity index (χ2v) is 5.65. The standard InChI is InChI=1S/C16H11BrN2O4/c17-11-3-1-2-4-12(11)20-8-15-18-16(19-23-15)10-5-6-13-14(7-10)22-9-21-13/h1-7H,8-9H2. The van der Waals surface area contributed by atoms with Crippen LogP contribution in [0.2, 0.25) is 0 Å². The molecule has 0 aliphatic carbocycles. The van der Waals surface area contributed by atoms with Crippen LogP contribution >= 0.6 is 15.9 Å². The number of hydrogen-bond donors (Lipinski definition) is 0. The van der Waals surface area contributed by atoms with Gasteiger partial charge in [-0.1, -0.05) is 17.3 Å². The monoisotopic (exact) mass is 374 g/mol. The molecule has 3 aromatic rings. The molecule has 0 atom stereocenters. The number of rotatable bonds is 4. The van der Waals surface area contributed by atoms with Crippen molar-refractivity contribution in [3.05, 3.63) is 52.8 Å². The third kappa shape index (κ3) is 2.87. The van der Waals surface area contributed by atoms with Crippen LogP contribution in [-0.4, -0.2) is 16.9 Å². The Labute approximate surface area is 140 Å². The lowest BCUT2D eigenvalue weighted by molar-refractivity contribution is 0.174. The van der Waals surface area contributed by atoms with Crippen molar-refractivity contribution < 1.29 is 18.7 Å². The summed E-state index contributed by atoms with van der Waals surface area (Å²) < 4.78 is 22.4. The lowest BCUT2D eigenvalue weighted by Gasteiger charge is -2.04. The quantitative estimate of drug-likeness (QED) is 0.691. The summed E-state index contributed by atoms with van der Waals surface area (Å²) in [5.41, 5.74) is 0.796. The van der Waals surface area contributed by atoms with E-state index in [-0.39, 0.29) is 13.4 Å². The first-order valence-electron chi connectivity index (χ1n) is 6.89. The molecule has 0 bridgehead atoms. The minimum absolute atomic E-state index is 0.195. The second kappa shape index (κ2) is 5.92. The molecule has 6 nitrogen and oxygen atoms in total. The summed E-state index contributed by atoms with van der Waals surface area (Å²) in [5.74, 6) is 2.99. The van der Waals surface area contributed by atoms with E-state index < -0.39 is 0 Å². The smallest absolute Gasteiger partial charge is 0.264 e. The van der Waals surface area contributed by atoms with Crippen LogP contribution in [0.3, 0.4) is 0 Å². The second-order valence-electron chi connectivity index (χ2n) is 4.80. The summed E-state index contributed by atoms with van der Waals surface area (Å²) in [5, 5.41) is 3.97. The molecule has 4 rings (SSSR count). The molecule has 1 aliphatic heterocycles. The molecule has 0 unspecified atom stereocenters. The van der Waals surface area contributed by atoms with Gasteiger partial charge in [0.2, 0.25) is 12.6 Å². The number of hydrogen-bond acceptors (Lipinski definition) is 6. The Morgan fingerprint density at radius 1 is 1.09 bits per heavy atom. The average Bonchev–Trinajstić information content (AvgIpc) is 3.22. The fourth-order valence-electron chi connectivity index (χ4n) is 2.17. The van der Waals surface area contributed by atoms with Gasteiger partial charge in [-0.25, -0.2) is 0 Å². The van der Waals surface area contributed by atoms with Crippen LogP contribution in [-0.2, 0) is 6.61 Å². The Morgan fingerprint density at radius 2 is 1.96 bits per heavy atom. The molecule has 23 heavy (non-hydrogen) atoms. The third-order valence-electron chi connectivity index (χ3n) is 3.29. The highest BCUT2D eigenvalue weighted by molar-refractivity contribution is 9.10. The Kier molecular flexibility index (Phi) is 3.63.